The van der Waals surface area contributed by atoms with Crippen LogP contribution >= 0.6 is 27.3 Å². The number of nitrogens with one attached hydrogen (secondary N) is 1. The number of hydrogen-bond acceptors (Lipinski definition) is 4. The van der Waals surface area contributed by atoms with Gasteiger partial charge in [0, 0.05) is 20.1 Å². The number of nitrogens with zero attached hydrogens (tertiary/aromatic N) is 1. The molecule has 0 unspecified atom stereocenters. The molecule has 0 spiro atoms. The van der Waals surface area contributed by atoms with Gasteiger partial charge in [0.15, 0.2) is 0 Å². The highest BCUT2D eigenvalue weighted by molar-refractivity contribution is 9.10. The third-order valence-corrected chi connectivity index (χ3v) is 4.79. The number of carbonyl (C=O) groups excluding carboxylic acids is 1. The summed E-state index contributed by atoms with van der Waals surface area (Å²) in [5.74, 6) is 0.508. The summed E-state index contributed by atoms with van der Waals surface area (Å²) in [6.45, 7) is 0. The van der Waals surface area contributed by atoms with E-state index >= 15 is 0 Å². The lowest BCUT2D eigenvalue weighted by molar-refractivity contribution is 0.0955. The Kier molecular flexibility index (Phi) is 4.73. The van der Waals surface area contributed by atoms with Crippen LogP contribution in [0.15, 0.2) is 58.1 Å². The van der Waals surface area contributed by atoms with Crippen molar-refractivity contribution in [3.05, 3.63) is 63.4 Å². The molecule has 3 aromatic rings. The first-order chi connectivity index (χ1) is 11.2. The number of hydrogen-bond donors (Lipinski definition) is 1. The van der Waals surface area contributed by atoms with Crippen molar-refractivity contribution < 1.29 is 9.53 Å². The summed E-state index contributed by atoms with van der Waals surface area (Å²) in [5, 5.41) is 5.08. The Balaban J connectivity index is 1.79. The predicted octanol–water partition coefficient (Wildman–Crippen LogP) is 4.44. The predicted molar refractivity (Wildman–Crippen MR) is 97.6 cm³/mol. The number of thiophene rings is 1. The molecule has 0 aliphatic heterocycles. The quantitative estimate of drug-likeness (QED) is 0.530. The van der Waals surface area contributed by atoms with Gasteiger partial charge in [0.25, 0.3) is 5.91 Å². The molecule has 0 atom stereocenters. The van der Waals surface area contributed by atoms with Crippen LogP contribution in [0.2, 0.25) is 0 Å². The second kappa shape index (κ2) is 6.93. The highest BCUT2D eigenvalue weighted by atomic mass is 79.9. The molecule has 2 aromatic carbocycles. The third kappa shape index (κ3) is 3.43. The number of carbonyl (C=O) groups is 1. The number of benzene rings is 2. The number of ether oxygens (including phenoxy) is 1. The van der Waals surface area contributed by atoms with Gasteiger partial charge in [0.1, 0.15) is 5.75 Å². The van der Waals surface area contributed by atoms with E-state index in [1.54, 1.807) is 42.9 Å². The van der Waals surface area contributed by atoms with Crippen molar-refractivity contribution in [2.45, 2.75) is 0 Å². The summed E-state index contributed by atoms with van der Waals surface area (Å²) in [6, 6.07) is 15.1. The Bertz CT molecular complexity index is 889. The molecule has 0 fully saturated rings. The lowest BCUT2D eigenvalue weighted by atomic mass is 10.2. The smallest absolute Gasteiger partial charge is 0.271 e. The van der Waals surface area contributed by atoms with Crippen LogP contribution < -0.4 is 10.2 Å². The molecule has 0 aliphatic rings. The molecule has 0 saturated carbocycles. The van der Waals surface area contributed by atoms with Gasteiger partial charge in [-0.05, 0) is 30.3 Å². The third-order valence-electron chi connectivity index (χ3n) is 3.21. The molecular formula is C17H13BrN2O2S. The zero-order chi connectivity index (χ0) is 16.2. The van der Waals surface area contributed by atoms with E-state index in [1.165, 1.54) is 0 Å². The fourth-order valence-electron chi connectivity index (χ4n) is 2.18. The van der Waals surface area contributed by atoms with Gasteiger partial charge in [-0.25, -0.2) is 5.43 Å². The number of halogens is 1. The molecule has 3 rings (SSSR count). The van der Waals surface area contributed by atoms with Crippen LogP contribution in [0.3, 0.4) is 0 Å². The summed E-state index contributed by atoms with van der Waals surface area (Å²) in [6.07, 6.45) is 1.61. The highest BCUT2D eigenvalue weighted by Crippen LogP contribution is 2.36. The van der Waals surface area contributed by atoms with E-state index < -0.39 is 0 Å². The topological polar surface area (TPSA) is 50.7 Å². The Labute approximate surface area is 145 Å². The van der Waals surface area contributed by atoms with E-state index in [0.29, 0.717) is 5.56 Å². The Morgan fingerprint density at radius 2 is 2.09 bits per heavy atom. The van der Waals surface area contributed by atoms with E-state index in [0.717, 1.165) is 25.2 Å². The molecule has 6 heteroatoms. The minimum Gasteiger partial charge on any atom is -0.495 e. The van der Waals surface area contributed by atoms with Crippen LogP contribution in [0.1, 0.15) is 15.2 Å². The number of fused-ring (bicyclic) bond motifs is 1. The Morgan fingerprint density at radius 3 is 2.87 bits per heavy atom. The molecule has 23 heavy (non-hydrogen) atoms. The van der Waals surface area contributed by atoms with Gasteiger partial charge in [-0.15, -0.1) is 11.3 Å². The first-order valence-corrected chi connectivity index (χ1v) is 8.44. The van der Waals surface area contributed by atoms with Crippen LogP contribution in [0, 0.1) is 0 Å². The molecule has 4 nitrogen and oxygen atoms in total. The normalized spacial score (nSPS) is 11.0. The summed E-state index contributed by atoms with van der Waals surface area (Å²) >= 11 is 4.91. The van der Waals surface area contributed by atoms with Crippen LogP contribution in [-0.4, -0.2) is 19.2 Å². The highest BCUT2D eigenvalue weighted by Gasteiger charge is 2.10. The maximum atomic E-state index is 12.0. The molecule has 0 bridgehead atoms. The summed E-state index contributed by atoms with van der Waals surface area (Å²) in [5.41, 5.74) is 3.07. The largest absolute Gasteiger partial charge is 0.495 e. The minimum atomic E-state index is -0.261. The first-order valence-electron chi connectivity index (χ1n) is 6.83. The maximum Gasteiger partial charge on any atom is 0.271 e. The number of rotatable bonds is 4. The summed E-state index contributed by atoms with van der Waals surface area (Å²) in [7, 11) is 1.63. The SMILES string of the molecule is COc1c(/C=N/NC(=O)c2cccc(Br)c2)sc2ccccc12. The molecule has 1 heterocycles. The Morgan fingerprint density at radius 1 is 1.26 bits per heavy atom. The average molecular weight is 389 g/mol. The van der Waals surface area contributed by atoms with Crippen molar-refractivity contribution in [3.8, 4) is 5.75 Å². The van der Waals surface area contributed by atoms with Crippen molar-refractivity contribution in [1.82, 2.24) is 5.43 Å². The van der Waals surface area contributed by atoms with Crippen molar-refractivity contribution in [1.29, 1.82) is 0 Å². The van der Waals surface area contributed by atoms with Crippen LogP contribution in [0.4, 0.5) is 0 Å². The molecular weight excluding hydrogens is 376 g/mol. The zero-order valence-electron chi connectivity index (χ0n) is 12.2. The monoisotopic (exact) mass is 388 g/mol. The minimum absolute atomic E-state index is 0.261. The van der Waals surface area contributed by atoms with E-state index in [-0.39, 0.29) is 5.91 Å². The molecule has 0 radical (unpaired) electrons. The van der Waals surface area contributed by atoms with Gasteiger partial charge in [-0.1, -0.05) is 34.1 Å². The lowest BCUT2D eigenvalue weighted by Crippen LogP contribution is -2.17. The number of methoxy groups -OCH3 is 1. The van der Waals surface area contributed by atoms with Gasteiger partial charge in [-0.2, -0.15) is 5.10 Å². The fourth-order valence-corrected chi connectivity index (χ4v) is 3.62. The van der Waals surface area contributed by atoms with E-state index in [2.05, 4.69) is 26.5 Å². The van der Waals surface area contributed by atoms with Crippen LogP contribution in [-0.2, 0) is 0 Å². The average Bonchev–Trinajstić information content (AvgIpc) is 2.92. The van der Waals surface area contributed by atoms with Gasteiger partial charge < -0.3 is 4.74 Å². The summed E-state index contributed by atoms with van der Waals surface area (Å²) in [4.78, 5) is 12.9. The van der Waals surface area contributed by atoms with E-state index in [1.807, 2.05) is 30.3 Å². The van der Waals surface area contributed by atoms with E-state index in [4.69, 9.17) is 4.74 Å². The van der Waals surface area contributed by atoms with Gasteiger partial charge in [0.2, 0.25) is 0 Å². The van der Waals surface area contributed by atoms with Crippen molar-refractivity contribution in [2.24, 2.45) is 5.10 Å². The van der Waals surface area contributed by atoms with Crippen LogP contribution in [0.25, 0.3) is 10.1 Å². The second-order valence-corrected chi connectivity index (χ2v) is 6.70. The number of amides is 1. The Hall–Kier alpha value is -2.18. The molecule has 1 amide bonds. The van der Waals surface area contributed by atoms with Crippen molar-refractivity contribution >= 4 is 49.5 Å². The second-order valence-electron chi connectivity index (χ2n) is 4.71. The van der Waals surface area contributed by atoms with Crippen molar-refractivity contribution in [3.63, 3.8) is 0 Å². The number of hydrazone groups is 1. The van der Waals surface area contributed by atoms with Crippen molar-refractivity contribution in [2.75, 3.05) is 7.11 Å². The maximum absolute atomic E-state index is 12.0. The molecule has 1 N–H and O–H groups in total. The molecule has 1 aromatic heterocycles. The first kappa shape index (κ1) is 15.7. The fraction of sp³-hybridized carbons (Fsp3) is 0.0588. The lowest BCUT2D eigenvalue weighted by Gasteiger charge is -2.01. The molecule has 0 saturated heterocycles. The van der Waals surface area contributed by atoms with Gasteiger partial charge in [0.05, 0.1) is 18.2 Å². The van der Waals surface area contributed by atoms with Crippen LogP contribution in [0.5, 0.6) is 5.75 Å². The summed E-state index contributed by atoms with van der Waals surface area (Å²) < 4.78 is 7.42. The standard InChI is InChI=1S/C17H13BrN2O2S/c1-22-16-13-7-2-3-8-14(13)23-15(16)10-19-20-17(21)11-5-4-6-12(18)9-11/h2-10H,1H3,(H,20,21)/b19-10+. The zero-order valence-corrected chi connectivity index (χ0v) is 14.6. The van der Waals surface area contributed by atoms with E-state index in [9.17, 15) is 4.79 Å². The molecule has 0 aliphatic carbocycles. The van der Waals surface area contributed by atoms with Gasteiger partial charge in [-0.3, -0.25) is 4.79 Å². The van der Waals surface area contributed by atoms with Gasteiger partial charge >= 0.3 is 0 Å². The molecule has 116 valence electrons.